The van der Waals surface area contributed by atoms with Crippen molar-refractivity contribution < 1.29 is 4.79 Å². The first kappa shape index (κ1) is 14.5. The maximum Gasteiger partial charge on any atom is 0.223 e. The third-order valence-electron chi connectivity index (χ3n) is 4.04. The van der Waals surface area contributed by atoms with Crippen molar-refractivity contribution in [2.75, 3.05) is 18.4 Å². The second-order valence-corrected chi connectivity index (χ2v) is 5.66. The van der Waals surface area contributed by atoms with E-state index in [1.54, 1.807) is 6.20 Å². The molecule has 0 unspecified atom stereocenters. The predicted molar refractivity (Wildman–Crippen MR) is 85.5 cm³/mol. The number of aryl methyl sites for hydroxylation is 2. The standard InChI is InChI=1S/C17H20N4O/c1-13-4-2-3-5-14(13)6-7-17(22)21-10-15(11-21)20-16-8-9-18-12-19-16/h2-5,8-9,12,15H,6-7,10-11H2,1H3,(H,18,19,20). The minimum atomic E-state index is 0.226. The lowest BCUT2D eigenvalue weighted by Crippen LogP contribution is -2.57. The maximum atomic E-state index is 12.2. The predicted octanol–water partition coefficient (Wildman–Crippen LogP) is 2.04. The summed E-state index contributed by atoms with van der Waals surface area (Å²) in [4.78, 5) is 22.1. The van der Waals surface area contributed by atoms with E-state index in [-0.39, 0.29) is 11.9 Å². The molecular weight excluding hydrogens is 276 g/mol. The molecule has 1 aromatic carbocycles. The van der Waals surface area contributed by atoms with E-state index in [4.69, 9.17) is 0 Å². The van der Waals surface area contributed by atoms with Gasteiger partial charge in [-0.05, 0) is 30.5 Å². The number of rotatable bonds is 5. The number of benzene rings is 1. The summed E-state index contributed by atoms with van der Waals surface area (Å²) in [7, 11) is 0. The van der Waals surface area contributed by atoms with Crippen LogP contribution in [-0.4, -0.2) is 39.9 Å². The fraction of sp³-hybridized carbons (Fsp3) is 0.353. The first-order valence-corrected chi connectivity index (χ1v) is 7.57. The second kappa shape index (κ2) is 6.56. The van der Waals surface area contributed by atoms with Gasteiger partial charge in [0.25, 0.3) is 0 Å². The molecule has 1 aliphatic rings. The molecule has 1 saturated heterocycles. The van der Waals surface area contributed by atoms with Crippen molar-refractivity contribution in [1.82, 2.24) is 14.9 Å². The number of hydrogen-bond donors (Lipinski definition) is 1. The van der Waals surface area contributed by atoms with Crippen molar-refractivity contribution >= 4 is 11.7 Å². The lowest BCUT2D eigenvalue weighted by Gasteiger charge is -2.40. The third-order valence-corrected chi connectivity index (χ3v) is 4.04. The summed E-state index contributed by atoms with van der Waals surface area (Å²) in [6.45, 7) is 3.58. The summed E-state index contributed by atoms with van der Waals surface area (Å²) in [6, 6.07) is 10.4. The van der Waals surface area contributed by atoms with Crippen molar-refractivity contribution in [3.8, 4) is 0 Å². The van der Waals surface area contributed by atoms with Gasteiger partial charge in [0.1, 0.15) is 12.1 Å². The number of hydrogen-bond acceptors (Lipinski definition) is 4. The molecule has 1 aliphatic heterocycles. The van der Waals surface area contributed by atoms with Crippen LogP contribution in [0.15, 0.2) is 42.9 Å². The van der Waals surface area contributed by atoms with E-state index in [9.17, 15) is 4.79 Å². The van der Waals surface area contributed by atoms with E-state index in [1.807, 2.05) is 23.1 Å². The van der Waals surface area contributed by atoms with Crippen LogP contribution < -0.4 is 5.32 Å². The van der Waals surface area contributed by atoms with Crippen molar-refractivity contribution in [3.63, 3.8) is 0 Å². The largest absolute Gasteiger partial charge is 0.364 e. The van der Waals surface area contributed by atoms with Gasteiger partial charge in [-0.3, -0.25) is 4.79 Å². The van der Waals surface area contributed by atoms with Crippen LogP contribution in [0, 0.1) is 6.92 Å². The number of carbonyl (C=O) groups excluding carboxylic acids is 1. The number of carbonyl (C=O) groups is 1. The number of nitrogens with one attached hydrogen (secondary N) is 1. The summed E-state index contributed by atoms with van der Waals surface area (Å²) >= 11 is 0. The molecule has 0 saturated carbocycles. The molecule has 1 aromatic heterocycles. The average molecular weight is 296 g/mol. The Balaban J connectivity index is 1.43. The van der Waals surface area contributed by atoms with E-state index in [0.717, 1.165) is 25.3 Å². The van der Waals surface area contributed by atoms with Gasteiger partial charge in [0.15, 0.2) is 0 Å². The van der Waals surface area contributed by atoms with Gasteiger partial charge in [-0.15, -0.1) is 0 Å². The first-order chi connectivity index (χ1) is 10.7. The molecule has 0 radical (unpaired) electrons. The summed E-state index contributed by atoms with van der Waals surface area (Å²) in [5.41, 5.74) is 2.51. The molecule has 2 heterocycles. The Bertz CT molecular complexity index is 638. The monoisotopic (exact) mass is 296 g/mol. The van der Waals surface area contributed by atoms with Crippen LogP contribution in [0.4, 0.5) is 5.82 Å². The molecular formula is C17H20N4O. The topological polar surface area (TPSA) is 58.1 Å². The number of nitrogens with zero attached hydrogens (tertiary/aromatic N) is 3. The summed E-state index contributed by atoms with van der Waals surface area (Å²) in [5, 5.41) is 3.30. The maximum absolute atomic E-state index is 12.2. The van der Waals surface area contributed by atoms with Crippen molar-refractivity contribution in [3.05, 3.63) is 54.0 Å². The Labute approximate surface area is 130 Å². The number of likely N-dealkylation sites (tertiary alicyclic amines) is 1. The second-order valence-electron chi connectivity index (χ2n) is 5.66. The molecule has 0 bridgehead atoms. The van der Waals surface area contributed by atoms with Crippen LogP contribution >= 0.6 is 0 Å². The Morgan fingerprint density at radius 1 is 1.32 bits per heavy atom. The Kier molecular flexibility index (Phi) is 4.32. The van der Waals surface area contributed by atoms with Gasteiger partial charge in [-0.2, -0.15) is 0 Å². The highest BCUT2D eigenvalue weighted by molar-refractivity contribution is 5.77. The lowest BCUT2D eigenvalue weighted by atomic mass is 10.0. The highest BCUT2D eigenvalue weighted by atomic mass is 16.2. The lowest BCUT2D eigenvalue weighted by molar-refractivity contribution is -0.135. The first-order valence-electron chi connectivity index (χ1n) is 7.57. The van der Waals surface area contributed by atoms with E-state index in [1.165, 1.54) is 17.5 Å². The van der Waals surface area contributed by atoms with Crippen molar-refractivity contribution in [2.24, 2.45) is 0 Å². The van der Waals surface area contributed by atoms with Gasteiger partial charge < -0.3 is 10.2 Å². The molecule has 1 amide bonds. The fourth-order valence-corrected chi connectivity index (χ4v) is 2.65. The summed E-state index contributed by atoms with van der Waals surface area (Å²) in [5.74, 6) is 1.04. The molecule has 2 aromatic rings. The zero-order chi connectivity index (χ0) is 15.4. The van der Waals surface area contributed by atoms with Gasteiger partial charge >= 0.3 is 0 Å². The smallest absolute Gasteiger partial charge is 0.223 e. The van der Waals surface area contributed by atoms with Gasteiger partial charge in [-0.25, -0.2) is 9.97 Å². The van der Waals surface area contributed by atoms with Crippen molar-refractivity contribution in [1.29, 1.82) is 0 Å². The van der Waals surface area contributed by atoms with Crippen LogP contribution in [0.5, 0.6) is 0 Å². The van der Waals surface area contributed by atoms with Gasteiger partial charge in [0, 0.05) is 25.7 Å². The zero-order valence-corrected chi connectivity index (χ0v) is 12.7. The molecule has 1 fully saturated rings. The van der Waals surface area contributed by atoms with Gasteiger partial charge in [-0.1, -0.05) is 24.3 Å². The van der Waals surface area contributed by atoms with Crippen LogP contribution in [0.25, 0.3) is 0 Å². The van der Waals surface area contributed by atoms with Gasteiger partial charge in [0.2, 0.25) is 5.91 Å². The quantitative estimate of drug-likeness (QED) is 0.917. The van der Waals surface area contributed by atoms with Crippen molar-refractivity contribution in [2.45, 2.75) is 25.8 Å². The minimum absolute atomic E-state index is 0.226. The Morgan fingerprint density at radius 2 is 2.14 bits per heavy atom. The summed E-state index contributed by atoms with van der Waals surface area (Å²) < 4.78 is 0. The molecule has 3 rings (SSSR count). The average Bonchev–Trinajstić information content (AvgIpc) is 2.50. The minimum Gasteiger partial charge on any atom is -0.364 e. The molecule has 0 atom stereocenters. The van der Waals surface area contributed by atoms with Crippen LogP contribution in [0.3, 0.4) is 0 Å². The van der Waals surface area contributed by atoms with E-state index in [2.05, 4.69) is 34.3 Å². The molecule has 0 spiro atoms. The normalized spacial score (nSPS) is 14.5. The molecule has 114 valence electrons. The Hall–Kier alpha value is -2.43. The van der Waals surface area contributed by atoms with E-state index in [0.29, 0.717) is 6.42 Å². The number of aromatic nitrogens is 2. The third kappa shape index (κ3) is 3.42. The molecule has 0 aliphatic carbocycles. The highest BCUT2D eigenvalue weighted by Gasteiger charge is 2.30. The molecule has 22 heavy (non-hydrogen) atoms. The highest BCUT2D eigenvalue weighted by Crippen LogP contribution is 2.16. The SMILES string of the molecule is Cc1ccccc1CCC(=O)N1CC(Nc2ccncn2)C1. The van der Waals surface area contributed by atoms with Crippen LogP contribution in [0.2, 0.25) is 0 Å². The van der Waals surface area contributed by atoms with Gasteiger partial charge in [0.05, 0.1) is 6.04 Å². The molecule has 5 heteroatoms. The zero-order valence-electron chi connectivity index (χ0n) is 12.7. The number of anilines is 1. The fourth-order valence-electron chi connectivity index (χ4n) is 2.65. The van der Waals surface area contributed by atoms with E-state index < -0.39 is 0 Å². The molecule has 5 nitrogen and oxygen atoms in total. The molecule has 1 N–H and O–H groups in total. The Morgan fingerprint density at radius 3 is 2.86 bits per heavy atom. The van der Waals surface area contributed by atoms with E-state index >= 15 is 0 Å². The summed E-state index contributed by atoms with van der Waals surface area (Å²) in [6.07, 6.45) is 4.61. The van der Waals surface area contributed by atoms with Crippen LogP contribution in [-0.2, 0) is 11.2 Å². The van der Waals surface area contributed by atoms with Crippen LogP contribution in [0.1, 0.15) is 17.5 Å². The number of amides is 1.